The Hall–Kier alpha value is 0.270. The molecule has 0 atom stereocenters. The molecule has 4 nitrogen and oxygen atoms in total. The minimum Gasteiger partial charge on any atom is -0.314 e. The van der Waals surface area contributed by atoms with Crippen LogP contribution in [0.1, 0.15) is 0 Å². The lowest BCUT2D eigenvalue weighted by atomic mass is 10.8. The van der Waals surface area contributed by atoms with E-state index in [0.29, 0.717) is 13.2 Å². The molecule has 1 N–H and O–H groups in total. The van der Waals surface area contributed by atoms with E-state index in [2.05, 4.69) is 4.52 Å². The van der Waals surface area contributed by atoms with Crippen LogP contribution in [0.15, 0.2) is 0 Å². The summed E-state index contributed by atoms with van der Waals surface area (Å²) in [4.78, 5) is 8.94. The van der Waals surface area contributed by atoms with Crippen LogP contribution in [0.25, 0.3) is 0 Å². The zero-order valence-electron chi connectivity index (χ0n) is 4.53. The van der Waals surface area contributed by atoms with Crippen molar-refractivity contribution in [3.63, 3.8) is 0 Å². The average Bonchev–Trinajstić information content (AvgIpc) is 2.17. The molecule has 0 aliphatic carbocycles. The molecule has 0 amide bonds. The number of hydrogen-bond donors (Lipinski definition) is 1. The molecule has 1 aliphatic rings. The highest BCUT2D eigenvalue weighted by Crippen LogP contribution is 2.60. The smallest absolute Gasteiger partial charge is 0.314 e. The predicted octanol–water partition coefficient (Wildman–Crippen LogP) is 0.349. The van der Waals surface area contributed by atoms with Crippen molar-refractivity contribution in [2.45, 2.75) is 0 Å². The lowest BCUT2D eigenvalue weighted by Crippen LogP contribution is -1.91. The Labute approximate surface area is 48.0 Å². The summed E-state index contributed by atoms with van der Waals surface area (Å²) in [6, 6.07) is 0. The highest BCUT2D eigenvalue weighted by Gasteiger charge is 2.32. The van der Waals surface area contributed by atoms with Crippen molar-refractivity contribution in [2.24, 2.45) is 0 Å². The summed E-state index contributed by atoms with van der Waals surface area (Å²) in [6.45, 7) is 0.857. The first-order chi connectivity index (χ1) is 3.77. The SMILES string of the molecule is CO[P]1(O)OCCO1. The van der Waals surface area contributed by atoms with E-state index in [0.717, 1.165) is 0 Å². The summed E-state index contributed by atoms with van der Waals surface area (Å²) in [5, 5.41) is 0. The van der Waals surface area contributed by atoms with E-state index in [-0.39, 0.29) is 0 Å². The Morgan fingerprint density at radius 1 is 1.50 bits per heavy atom. The van der Waals surface area contributed by atoms with Crippen molar-refractivity contribution in [3.05, 3.63) is 0 Å². The normalized spacial score (nSPS) is 26.2. The van der Waals surface area contributed by atoms with Crippen LogP contribution in [0.5, 0.6) is 0 Å². The van der Waals surface area contributed by atoms with Gasteiger partial charge >= 0.3 is 8.17 Å². The molecule has 1 radical (unpaired) electrons. The molecule has 1 heterocycles. The van der Waals surface area contributed by atoms with Crippen molar-refractivity contribution < 1.29 is 18.5 Å². The highest BCUT2D eigenvalue weighted by molar-refractivity contribution is 7.55. The third-order valence-electron chi connectivity index (χ3n) is 0.823. The fourth-order valence-corrected chi connectivity index (χ4v) is 1.34. The zero-order chi connectivity index (χ0) is 6.04. The second-order valence-corrected chi connectivity index (χ2v) is 3.14. The summed E-state index contributed by atoms with van der Waals surface area (Å²) >= 11 is 0. The number of hydrogen-bond acceptors (Lipinski definition) is 4. The Balaban J connectivity index is 2.40. The van der Waals surface area contributed by atoms with Gasteiger partial charge in [-0.15, -0.1) is 0 Å². The molecule has 0 unspecified atom stereocenters. The monoisotopic (exact) mass is 139 g/mol. The van der Waals surface area contributed by atoms with Gasteiger partial charge in [-0.25, -0.2) is 0 Å². The fourth-order valence-electron chi connectivity index (χ4n) is 0.448. The van der Waals surface area contributed by atoms with E-state index < -0.39 is 8.17 Å². The van der Waals surface area contributed by atoms with Gasteiger partial charge in [0.1, 0.15) is 0 Å². The third kappa shape index (κ3) is 1.16. The standard InChI is InChI=1S/C3H8O4P/c1-5-8(4)6-2-3-7-8/h4H,2-3H2,1H3. The molecule has 8 heavy (non-hydrogen) atoms. The van der Waals surface area contributed by atoms with Crippen molar-refractivity contribution in [3.8, 4) is 0 Å². The molecule has 0 spiro atoms. The quantitative estimate of drug-likeness (QED) is 0.532. The van der Waals surface area contributed by atoms with Crippen molar-refractivity contribution in [1.29, 1.82) is 0 Å². The minimum absolute atomic E-state index is 0.429. The first kappa shape index (κ1) is 6.39. The van der Waals surface area contributed by atoms with E-state index in [1.807, 2.05) is 0 Å². The molecule has 1 aliphatic heterocycles. The van der Waals surface area contributed by atoms with E-state index in [4.69, 9.17) is 13.9 Å². The molecule has 0 aromatic heterocycles. The predicted molar refractivity (Wildman–Crippen MR) is 28.1 cm³/mol. The molecule has 0 bridgehead atoms. The summed E-state index contributed by atoms with van der Waals surface area (Å²) < 4.78 is 13.9. The molecule has 0 aromatic rings. The molecule has 1 rings (SSSR count). The van der Waals surface area contributed by atoms with E-state index in [1.165, 1.54) is 7.11 Å². The van der Waals surface area contributed by atoms with Crippen LogP contribution in [-0.4, -0.2) is 25.2 Å². The van der Waals surface area contributed by atoms with Gasteiger partial charge in [-0.05, 0) is 0 Å². The van der Waals surface area contributed by atoms with Gasteiger partial charge in [0.25, 0.3) is 0 Å². The van der Waals surface area contributed by atoms with Gasteiger partial charge in [-0.2, -0.15) is 0 Å². The molecular formula is C3H8O4P. The molecular weight excluding hydrogens is 131 g/mol. The van der Waals surface area contributed by atoms with Gasteiger partial charge in [-0.3, -0.25) is 9.05 Å². The number of rotatable bonds is 1. The Morgan fingerprint density at radius 3 is 2.25 bits per heavy atom. The van der Waals surface area contributed by atoms with Crippen molar-refractivity contribution in [2.75, 3.05) is 20.3 Å². The van der Waals surface area contributed by atoms with Crippen LogP contribution >= 0.6 is 8.17 Å². The molecule has 1 saturated heterocycles. The lowest BCUT2D eigenvalue weighted by molar-refractivity contribution is 0.185. The molecule has 49 valence electrons. The Morgan fingerprint density at radius 2 is 2.00 bits per heavy atom. The van der Waals surface area contributed by atoms with E-state index in [1.54, 1.807) is 0 Å². The largest absolute Gasteiger partial charge is 0.377 e. The molecule has 0 aromatic carbocycles. The Bertz CT molecular complexity index is 79.4. The third-order valence-corrected chi connectivity index (χ3v) is 2.30. The van der Waals surface area contributed by atoms with Crippen LogP contribution in [0, 0.1) is 0 Å². The maximum Gasteiger partial charge on any atom is 0.377 e. The summed E-state index contributed by atoms with van der Waals surface area (Å²) in [5.74, 6) is 0. The maximum atomic E-state index is 8.94. The first-order valence-electron chi connectivity index (χ1n) is 2.23. The minimum atomic E-state index is -2.80. The van der Waals surface area contributed by atoms with Crippen LogP contribution in [0.2, 0.25) is 0 Å². The summed E-state index contributed by atoms with van der Waals surface area (Å²) in [6.07, 6.45) is 0. The fraction of sp³-hybridized carbons (Fsp3) is 1.00. The van der Waals surface area contributed by atoms with Gasteiger partial charge < -0.3 is 9.42 Å². The van der Waals surface area contributed by atoms with Gasteiger partial charge in [0.15, 0.2) is 0 Å². The summed E-state index contributed by atoms with van der Waals surface area (Å²) in [5.41, 5.74) is 0. The summed E-state index contributed by atoms with van der Waals surface area (Å²) in [7, 11) is -1.44. The van der Waals surface area contributed by atoms with Crippen molar-refractivity contribution >= 4 is 8.17 Å². The average molecular weight is 139 g/mol. The second-order valence-electron chi connectivity index (χ2n) is 1.32. The first-order valence-corrected chi connectivity index (χ1v) is 3.73. The molecule has 0 saturated carbocycles. The van der Waals surface area contributed by atoms with Gasteiger partial charge in [0, 0.05) is 7.11 Å². The van der Waals surface area contributed by atoms with Gasteiger partial charge in [-0.1, -0.05) is 0 Å². The zero-order valence-corrected chi connectivity index (χ0v) is 5.43. The second kappa shape index (κ2) is 2.25. The van der Waals surface area contributed by atoms with Crippen LogP contribution < -0.4 is 0 Å². The topological polar surface area (TPSA) is 47.9 Å². The Kier molecular flexibility index (Phi) is 1.80. The van der Waals surface area contributed by atoms with Crippen LogP contribution in [0.3, 0.4) is 0 Å². The van der Waals surface area contributed by atoms with Gasteiger partial charge in [0.05, 0.1) is 13.2 Å². The van der Waals surface area contributed by atoms with Crippen molar-refractivity contribution in [1.82, 2.24) is 0 Å². The molecule has 5 heteroatoms. The van der Waals surface area contributed by atoms with E-state index in [9.17, 15) is 0 Å². The maximum absolute atomic E-state index is 8.94. The van der Waals surface area contributed by atoms with Gasteiger partial charge in [0.2, 0.25) is 0 Å². The highest BCUT2D eigenvalue weighted by atomic mass is 31.2. The van der Waals surface area contributed by atoms with Crippen LogP contribution in [-0.2, 0) is 13.6 Å². The molecule has 1 fully saturated rings. The lowest BCUT2D eigenvalue weighted by Gasteiger charge is -2.16. The van der Waals surface area contributed by atoms with Crippen LogP contribution in [0.4, 0.5) is 0 Å². The van der Waals surface area contributed by atoms with E-state index >= 15 is 0 Å².